The van der Waals surface area contributed by atoms with E-state index in [9.17, 15) is 4.79 Å². The van der Waals surface area contributed by atoms with Gasteiger partial charge in [-0.05, 0) is 30.5 Å². The molecule has 1 aromatic heterocycles. The zero-order chi connectivity index (χ0) is 13.8. The standard InChI is InChI=1S/C15H22N4O/c20-15(12-18-9-7-17-8-10-18)19(14-1-2-14)11-13-3-5-16-6-4-13/h3-6,14,17H,1-2,7-12H2. The maximum atomic E-state index is 12.5. The average molecular weight is 274 g/mol. The molecule has 0 spiro atoms. The minimum absolute atomic E-state index is 0.270. The molecule has 1 aromatic rings. The largest absolute Gasteiger partial charge is 0.334 e. The number of hydrogen-bond acceptors (Lipinski definition) is 4. The van der Waals surface area contributed by atoms with E-state index in [-0.39, 0.29) is 5.91 Å². The molecule has 0 aromatic carbocycles. The number of rotatable bonds is 5. The third-order valence-electron chi connectivity index (χ3n) is 3.98. The van der Waals surface area contributed by atoms with Crippen LogP contribution in [-0.2, 0) is 11.3 Å². The molecule has 1 aliphatic carbocycles. The Hall–Kier alpha value is -1.46. The van der Waals surface area contributed by atoms with Crippen molar-refractivity contribution in [1.29, 1.82) is 0 Å². The molecule has 1 N–H and O–H groups in total. The first-order valence-electron chi connectivity index (χ1n) is 7.44. The highest BCUT2D eigenvalue weighted by Gasteiger charge is 2.33. The maximum Gasteiger partial charge on any atom is 0.237 e. The van der Waals surface area contributed by atoms with E-state index in [2.05, 4.69) is 20.1 Å². The summed E-state index contributed by atoms with van der Waals surface area (Å²) in [7, 11) is 0. The maximum absolute atomic E-state index is 12.5. The summed E-state index contributed by atoms with van der Waals surface area (Å²) in [5.41, 5.74) is 1.17. The van der Waals surface area contributed by atoms with Crippen LogP contribution in [-0.4, -0.2) is 59.5 Å². The van der Waals surface area contributed by atoms with Gasteiger partial charge in [0.25, 0.3) is 0 Å². The van der Waals surface area contributed by atoms with Crippen molar-refractivity contribution < 1.29 is 4.79 Å². The summed E-state index contributed by atoms with van der Waals surface area (Å²) in [5.74, 6) is 0.270. The lowest BCUT2D eigenvalue weighted by Crippen LogP contribution is -2.48. The van der Waals surface area contributed by atoms with E-state index in [1.165, 1.54) is 5.56 Å². The molecular formula is C15H22N4O. The fourth-order valence-corrected chi connectivity index (χ4v) is 2.64. The van der Waals surface area contributed by atoms with Crippen LogP contribution in [0.25, 0.3) is 0 Å². The van der Waals surface area contributed by atoms with Gasteiger partial charge in [-0.25, -0.2) is 0 Å². The van der Waals surface area contributed by atoms with Crippen LogP contribution < -0.4 is 5.32 Å². The van der Waals surface area contributed by atoms with Crippen molar-refractivity contribution in [1.82, 2.24) is 20.1 Å². The highest BCUT2D eigenvalue weighted by atomic mass is 16.2. The van der Waals surface area contributed by atoms with Crippen LogP contribution in [0.2, 0.25) is 0 Å². The van der Waals surface area contributed by atoms with E-state index in [4.69, 9.17) is 0 Å². The molecule has 0 atom stereocenters. The first-order valence-corrected chi connectivity index (χ1v) is 7.44. The summed E-state index contributed by atoms with van der Waals surface area (Å²) in [6.45, 7) is 5.20. The lowest BCUT2D eigenvalue weighted by molar-refractivity contribution is -0.133. The Morgan fingerprint density at radius 1 is 1.30 bits per heavy atom. The van der Waals surface area contributed by atoms with Crippen molar-refractivity contribution in [3.8, 4) is 0 Å². The van der Waals surface area contributed by atoms with Crippen molar-refractivity contribution in [3.63, 3.8) is 0 Å². The summed E-state index contributed by atoms with van der Waals surface area (Å²) >= 11 is 0. The lowest BCUT2D eigenvalue weighted by atomic mass is 10.2. The minimum atomic E-state index is 0.270. The summed E-state index contributed by atoms with van der Waals surface area (Å²) in [4.78, 5) is 20.9. The summed E-state index contributed by atoms with van der Waals surface area (Å²) in [5, 5.41) is 3.32. The van der Waals surface area contributed by atoms with E-state index < -0.39 is 0 Å². The fourth-order valence-electron chi connectivity index (χ4n) is 2.64. The van der Waals surface area contributed by atoms with Crippen molar-refractivity contribution in [2.75, 3.05) is 32.7 Å². The predicted octanol–water partition coefficient (Wildman–Crippen LogP) is 0.478. The zero-order valence-corrected chi connectivity index (χ0v) is 11.8. The van der Waals surface area contributed by atoms with Crippen LogP contribution in [0.15, 0.2) is 24.5 Å². The molecular weight excluding hydrogens is 252 g/mol. The van der Waals surface area contributed by atoms with Gasteiger partial charge in [0, 0.05) is 51.2 Å². The SMILES string of the molecule is O=C(CN1CCNCC1)N(Cc1ccncc1)C1CC1. The van der Waals surface area contributed by atoms with E-state index in [1.54, 1.807) is 12.4 Å². The molecule has 20 heavy (non-hydrogen) atoms. The molecule has 0 bridgehead atoms. The first kappa shape index (κ1) is 13.5. The van der Waals surface area contributed by atoms with Gasteiger partial charge in [0.1, 0.15) is 0 Å². The van der Waals surface area contributed by atoms with Crippen molar-refractivity contribution in [2.24, 2.45) is 0 Å². The Morgan fingerprint density at radius 2 is 2.00 bits per heavy atom. The van der Waals surface area contributed by atoms with Gasteiger partial charge in [-0.3, -0.25) is 14.7 Å². The molecule has 5 nitrogen and oxygen atoms in total. The predicted molar refractivity (Wildman–Crippen MR) is 77.1 cm³/mol. The van der Waals surface area contributed by atoms with Crippen LogP contribution in [0.5, 0.6) is 0 Å². The molecule has 1 saturated carbocycles. The molecule has 0 unspecified atom stereocenters. The number of carbonyl (C=O) groups excluding carboxylic acids is 1. The van der Waals surface area contributed by atoms with E-state index in [1.807, 2.05) is 12.1 Å². The van der Waals surface area contributed by atoms with Crippen molar-refractivity contribution in [3.05, 3.63) is 30.1 Å². The first-order chi connectivity index (χ1) is 9.83. The summed E-state index contributed by atoms with van der Waals surface area (Å²) < 4.78 is 0. The molecule has 1 aliphatic heterocycles. The summed E-state index contributed by atoms with van der Waals surface area (Å²) in [6.07, 6.45) is 5.89. The third kappa shape index (κ3) is 3.55. The van der Waals surface area contributed by atoms with E-state index >= 15 is 0 Å². The normalized spacial score (nSPS) is 19.8. The number of amides is 1. The second kappa shape index (κ2) is 6.33. The number of piperazine rings is 1. The number of nitrogens with zero attached hydrogens (tertiary/aromatic N) is 3. The van der Waals surface area contributed by atoms with Gasteiger partial charge in [0.15, 0.2) is 0 Å². The van der Waals surface area contributed by atoms with Crippen molar-refractivity contribution in [2.45, 2.75) is 25.4 Å². The van der Waals surface area contributed by atoms with Gasteiger partial charge in [0.2, 0.25) is 5.91 Å². The Kier molecular flexibility index (Phi) is 4.28. The molecule has 2 aliphatic rings. The van der Waals surface area contributed by atoms with Crippen LogP contribution in [0.1, 0.15) is 18.4 Å². The number of carbonyl (C=O) groups is 1. The van der Waals surface area contributed by atoms with Crippen molar-refractivity contribution >= 4 is 5.91 Å². The Morgan fingerprint density at radius 3 is 2.65 bits per heavy atom. The topological polar surface area (TPSA) is 48.5 Å². The molecule has 1 saturated heterocycles. The van der Waals surface area contributed by atoms with Gasteiger partial charge in [-0.2, -0.15) is 0 Å². The molecule has 3 rings (SSSR count). The molecule has 108 valence electrons. The number of pyridine rings is 1. The highest BCUT2D eigenvalue weighted by molar-refractivity contribution is 5.79. The Balaban J connectivity index is 1.59. The van der Waals surface area contributed by atoms with Gasteiger partial charge in [-0.1, -0.05) is 0 Å². The van der Waals surface area contributed by atoms with Gasteiger partial charge < -0.3 is 10.2 Å². The van der Waals surface area contributed by atoms with Gasteiger partial charge in [-0.15, -0.1) is 0 Å². The van der Waals surface area contributed by atoms with Gasteiger partial charge >= 0.3 is 0 Å². The Labute approximate surface area is 120 Å². The number of hydrogen-bond donors (Lipinski definition) is 1. The Bertz CT molecular complexity index is 440. The number of aromatic nitrogens is 1. The molecule has 2 heterocycles. The smallest absolute Gasteiger partial charge is 0.237 e. The minimum Gasteiger partial charge on any atom is -0.334 e. The zero-order valence-electron chi connectivity index (χ0n) is 11.8. The van der Waals surface area contributed by atoms with Gasteiger partial charge in [0.05, 0.1) is 6.54 Å². The van der Waals surface area contributed by atoms with E-state index in [0.717, 1.165) is 45.6 Å². The molecule has 0 radical (unpaired) electrons. The van der Waals surface area contributed by atoms with Crippen LogP contribution in [0.3, 0.4) is 0 Å². The molecule has 1 amide bonds. The second-order valence-electron chi connectivity index (χ2n) is 5.63. The third-order valence-corrected chi connectivity index (χ3v) is 3.98. The van der Waals surface area contributed by atoms with E-state index in [0.29, 0.717) is 12.6 Å². The van der Waals surface area contributed by atoms with Crippen LogP contribution in [0, 0.1) is 0 Å². The average Bonchev–Trinajstić information content (AvgIpc) is 3.31. The molecule has 5 heteroatoms. The highest BCUT2D eigenvalue weighted by Crippen LogP contribution is 2.28. The monoisotopic (exact) mass is 274 g/mol. The second-order valence-corrected chi connectivity index (χ2v) is 5.63. The number of nitrogens with one attached hydrogen (secondary N) is 1. The molecule has 2 fully saturated rings. The van der Waals surface area contributed by atoms with Crippen LogP contribution in [0.4, 0.5) is 0 Å². The quantitative estimate of drug-likeness (QED) is 0.848. The van der Waals surface area contributed by atoms with Crippen LogP contribution >= 0.6 is 0 Å². The lowest BCUT2D eigenvalue weighted by Gasteiger charge is -2.30. The fraction of sp³-hybridized carbons (Fsp3) is 0.600. The summed E-state index contributed by atoms with van der Waals surface area (Å²) in [6, 6.07) is 4.44.